The predicted octanol–water partition coefficient (Wildman–Crippen LogP) is 2.17. The maximum atomic E-state index is 12.6. The first-order valence-corrected chi connectivity index (χ1v) is 7.31. The molecule has 0 aromatic carbocycles. The van der Waals surface area contributed by atoms with E-state index in [4.69, 9.17) is 10.8 Å². The zero-order valence-corrected chi connectivity index (χ0v) is 13.0. The molecule has 1 aliphatic rings. The van der Waals surface area contributed by atoms with Crippen LogP contribution in [0.3, 0.4) is 0 Å². The number of pyridine rings is 2. The van der Waals surface area contributed by atoms with Gasteiger partial charge in [0.2, 0.25) is 5.91 Å². The Labute approximate surface area is 141 Å². The molecule has 1 fully saturated rings. The number of alkyl halides is 2. The second-order valence-electron chi connectivity index (χ2n) is 5.42. The van der Waals surface area contributed by atoms with Gasteiger partial charge >= 0.3 is 5.97 Å². The highest BCUT2D eigenvalue weighted by molar-refractivity contribution is 5.93. The zero-order valence-electron chi connectivity index (χ0n) is 13.0. The Bertz CT molecular complexity index is 748. The molecule has 0 radical (unpaired) electrons. The lowest BCUT2D eigenvalue weighted by molar-refractivity contribution is -0.0794. The average molecular weight is 350 g/mol. The zero-order chi connectivity index (χ0) is 18.4. The lowest BCUT2D eigenvalue weighted by Gasteiger charge is -2.35. The summed E-state index contributed by atoms with van der Waals surface area (Å²) in [4.78, 5) is 28.7. The molecule has 9 heteroatoms. The molecular formula is C16H16F2N4O3. The van der Waals surface area contributed by atoms with Crippen molar-refractivity contribution in [3.8, 4) is 0 Å². The Hall–Kier alpha value is -3.10. The number of nitrogens with zero attached hydrogens (tertiary/aromatic N) is 2. The van der Waals surface area contributed by atoms with Gasteiger partial charge in [0.15, 0.2) is 0 Å². The molecule has 2 heterocycles. The van der Waals surface area contributed by atoms with Crippen LogP contribution in [0.1, 0.15) is 33.6 Å². The highest BCUT2D eigenvalue weighted by Gasteiger charge is 2.45. The summed E-state index contributed by atoms with van der Waals surface area (Å²) in [5.41, 5.74) is 5.37. The van der Waals surface area contributed by atoms with E-state index in [1.54, 1.807) is 18.3 Å². The van der Waals surface area contributed by atoms with Crippen molar-refractivity contribution in [2.24, 2.45) is 5.73 Å². The fourth-order valence-electron chi connectivity index (χ4n) is 2.16. The van der Waals surface area contributed by atoms with Gasteiger partial charge in [-0.25, -0.2) is 18.6 Å². The van der Waals surface area contributed by atoms with Gasteiger partial charge in [0.05, 0.1) is 5.56 Å². The fraction of sp³-hybridized carbons (Fsp3) is 0.250. The van der Waals surface area contributed by atoms with Gasteiger partial charge in [-0.2, -0.15) is 0 Å². The second-order valence-corrected chi connectivity index (χ2v) is 5.42. The number of primary amides is 1. The first kappa shape index (κ1) is 18.2. The monoisotopic (exact) mass is 350 g/mol. The van der Waals surface area contributed by atoms with Crippen molar-refractivity contribution in [2.75, 3.05) is 5.32 Å². The molecule has 2 aromatic heterocycles. The van der Waals surface area contributed by atoms with Crippen molar-refractivity contribution < 1.29 is 23.5 Å². The summed E-state index contributed by atoms with van der Waals surface area (Å²) in [6.45, 7) is 0. The van der Waals surface area contributed by atoms with E-state index in [1.807, 2.05) is 0 Å². The van der Waals surface area contributed by atoms with Gasteiger partial charge in [-0.05, 0) is 24.3 Å². The summed E-state index contributed by atoms with van der Waals surface area (Å²) in [7, 11) is 0. The van der Waals surface area contributed by atoms with Crippen LogP contribution in [0.4, 0.5) is 14.6 Å². The summed E-state index contributed by atoms with van der Waals surface area (Å²) in [5, 5.41) is 11.6. The van der Waals surface area contributed by atoms with E-state index in [1.165, 1.54) is 24.5 Å². The Morgan fingerprint density at radius 2 is 1.92 bits per heavy atom. The number of aromatic carboxylic acids is 1. The van der Waals surface area contributed by atoms with Gasteiger partial charge in [0, 0.05) is 37.5 Å². The minimum absolute atomic E-state index is 0.00211. The quantitative estimate of drug-likeness (QED) is 0.778. The number of carboxylic acids is 1. The molecule has 3 rings (SSSR count). The number of anilines is 1. The summed E-state index contributed by atoms with van der Waals surface area (Å²) in [6, 6.07) is 5.76. The van der Waals surface area contributed by atoms with E-state index in [9.17, 15) is 18.4 Å². The van der Waals surface area contributed by atoms with Crippen LogP contribution in [0.25, 0.3) is 0 Å². The minimum atomic E-state index is -2.63. The molecular weight excluding hydrogens is 334 g/mol. The number of amides is 1. The Kier molecular flexibility index (Phi) is 5.58. The van der Waals surface area contributed by atoms with Crippen LogP contribution in [0.5, 0.6) is 0 Å². The number of hydrogen-bond donors (Lipinski definition) is 3. The Balaban J connectivity index is 0.000000212. The number of nitrogens with one attached hydrogen (secondary N) is 1. The van der Waals surface area contributed by atoms with Crippen molar-refractivity contribution in [1.29, 1.82) is 0 Å². The summed E-state index contributed by atoms with van der Waals surface area (Å²) >= 11 is 0. The minimum Gasteiger partial charge on any atom is -0.478 e. The molecule has 0 bridgehead atoms. The van der Waals surface area contributed by atoms with Crippen molar-refractivity contribution in [3.05, 3.63) is 54.0 Å². The Morgan fingerprint density at radius 1 is 1.24 bits per heavy atom. The molecule has 1 saturated carbocycles. The first-order valence-electron chi connectivity index (χ1n) is 7.31. The van der Waals surface area contributed by atoms with E-state index in [-0.39, 0.29) is 24.2 Å². The van der Waals surface area contributed by atoms with Crippen LogP contribution in [0.2, 0.25) is 0 Å². The molecule has 0 spiro atoms. The van der Waals surface area contributed by atoms with Gasteiger partial charge in [-0.1, -0.05) is 0 Å². The molecule has 25 heavy (non-hydrogen) atoms. The SMILES string of the molecule is NC(=O)c1cccnc1.O=C(O)c1cccnc1NC1CC(F)(F)C1. The standard InChI is InChI=1S/C10H10F2N2O2.C6H6N2O/c11-10(12)4-6(5-10)14-8-7(9(15)16)2-1-3-13-8;7-6(9)5-2-1-3-8-4-5/h1-3,6H,4-5H2,(H,13,14)(H,15,16);1-4H,(H2,7,9). The third kappa shape index (κ3) is 5.20. The first-order chi connectivity index (χ1) is 11.8. The average Bonchev–Trinajstić information content (AvgIpc) is 2.55. The van der Waals surface area contributed by atoms with Gasteiger partial charge in [-0.15, -0.1) is 0 Å². The molecule has 0 unspecified atom stereocenters. The summed E-state index contributed by atoms with van der Waals surface area (Å²) in [5.74, 6) is -4.05. The summed E-state index contributed by atoms with van der Waals surface area (Å²) in [6.07, 6.45) is 3.89. The fourth-order valence-corrected chi connectivity index (χ4v) is 2.16. The third-order valence-corrected chi connectivity index (χ3v) is 3.42. The molecule has 7 nitrogen and oxygen atoms in total. The van der Waals surface area contributed by atoms with Gasteiger partial charge < -0.3 is 16.2 Å². The number of carboxylic acid groups (broad SMARTS) is 1. The molecule has 1 amide bonds. The van der Waals surface area contributed by atoms with Crippen LogP contribution in [-0.4, -0.2) is 38.9 Å². The highest BCUT2D eigenvalue weighted by atomic mass is 19.3. The van der Waals surface area contributed by atoms with Crippen LogP contribution in [-0.2, 0) is 0 Å². The molecule has 0 atom stereocenters. The number of aromatic nitrogens is 2. The number of halogens is 2. The molecule has 132 valence electrons. The molecule has 1 aliphatic carbocycles. The molecule has 4 N–H and O–H groups in total. The number of carbonyl (C=O) groups excluding carboxylic acids is 1. The maximum absolute atomic E-state index is 12.6. The highest BCUT2D eigenvalue weighted by Crippen LogP contribution is 2.39. The van der Waals surface area contributed by atoms with Crippen molar-refractivity contribution in [2.45, 2.75) is 24.8 Å². The topological polar surface area (TPSA) is 118 Å². The van der Waals surface area contributed by atoms with E-state index < -0.39 is 23.8 Å². The maximum Gasteiger partial charge on any atom is 0.339 e. The van der Waals surface area contributed by atoms with Crippen molar-refractivity contribution in [1.82, 2.24) is 9.97 Å². The van der Waals surface area contributed by atoms with Crippen LogP contribution >= 0.6 is 0 Å². The van der Waals surface area contributed by atoms with Crippen LogP contribution in [0, 0.1) is 0 Å². The number of hydrogen-bond acceptors (Lipinski definition) is 5. The smallest absolute Gasteiger partial charge is 0.339 e. The Morgan fingerprint density at radius 3 is 2.40 bits per heavy atom. The lowest BCUT2D eigenvalue weighted by atomic mass is 9.88. The van der Waals surface area contributed by atoms with E-state index >= 15 is 0 Å². The lowest BCUT2D eigenvalue weighted by Crippen LogP contribution is -2.44. The molecule has 0 saturated heterocycles. The normalized spacial score (nSPS) is 15.3. The van der Waals surface area contributed by atoms with Gasteiger partial charge in [-0.3, -0.25) is 9.78 Å². The van der Waals surface area contributed by atoms with Crippen molar-refractivity contribution >= 4 is 17.7 Å². The van der Waals surface area contributed by atoms with E-state index in [0.29, 0.717) is 5.56 Å². The molecule has 0 aliphatic heterocycles. The third-order valence-electron chi connectivity index (χ3n) is 3.42. The van der Waals surface area contributed by atoms with Gasteiger partial charge in [0.1, 0.15) is 11.4 Å². The van der Waals surface area contributed by atoms with E-state index in [0.717, 1.165) is 0 Å². The largest absolute Gasteiger partial charge is 0.478 e. The number of carbonyl (C=O) groups is 2. The summed E-state index contributed by atoms with van der Waals surface area (Å²) < 4.78 is 25.1. The number of nitrogens with two attached hydrogens (primary N) is 1. The number of rotatable bonds is 4. The van der Waals surface area contributed by atoms with Crippen LogP contribution in [0.15, 0.2) is 42.9 Å². The van der Waals surface area contributed by atoms with E-state index in [2.05, 4.69) is 15.3 Å². The van der Waals surface area contributed by atoms with Crippen molar-refractivity contribution in [3.63, 3.8) is 0 Å². The molecule has 2 aromatic rings. The second kappa shape index (κ2) is 7.65. The van der Waals surface area contributed by atoms with Crippen LogP contribution < -0.4 is 11.1 Å². The van der Waals surface area contributed by atoms with Gasteiger partial charge in [0.25, 0.3) is 5.92 Å². The predicted molar refractivity (Wildman–Crippen MR) is 85.5 cm³/mol.